The summed E-state index contributed by atoms with van der Waals surface area (Å²) < 4.78 is 6.85. The van der Waals surface area contributed by atoms with Crippen LogP contribution in [0.15, 0.2) is 35.2 Å². The highest BCUT2D eigenvalue weighted by Gasteiger charge is 2.20. The van der Waals surface area contributed by atoms with Gasteiger partial charge in [-0.1, -0.05) is 0 Å². The normalized spacial score (nSPS) is 14.3. The first-order chi connectivity index (χ1) is 9.70. The van der Waals surface area contributed by atoms with Gasteiger partial charge in [0.1, 0.15) is 11.5 Å². The molecule has 0 unspecified atom stereocenters. The number of ether oxygens (including phenoxy) is 1. The average Bonchev–Trinajstić information content (AvgIpc) is 3.22. The van der Waals surface area contributed by atoms with Gasteiger partial charge in [-0.15, -0.1) is 0 Å². The maximum Gasteiger partial charge on any atom is 0.146 e. The van der Waals surface area contributed by atoms with Gasteiger partial charge in [0.2, 0.25) is 0 Å². The van der Waals surface area contributed by atoms with Crippen LogP contribution in [0.5, 0.6) is 11.5 Å². The summed E-state index contributed by atoms with van der Waals surface area (Å²) in [5, 5.41) is 3.49. The fourth-order valence-corrected chi connectivity index (χ4v) is 2.25. The van der Waals surface area contributed by atoms with Crippen molar-refractivity contribution in [1.29, 1.82) is 0 Å². The third-order valence-corrected chi connectivity index (χ3v) is 3.58. The number of hydrogen-bond donors (Lipinski definition) is 1. The number of aryl methyl sites for hydroxylation is 1. The lowest BCUT2D eigenvalue weighted by molar-refractivity contribution is 0.468. The lowest BCUT2D eigenvalue weighted by Crippen LogP contribution is -2.16. The predicted octanol–water partition coefficient (Wildman–Crippen LogP) is 3.59. The van der Waals surface area contributed by atoms with E-state index in [1.165, 1.54) is 12.8 Å². The standard InChI is InChI=1S/C15H16BrN3O/c1-10-4-15(20-14-5-12(16)8-17-9-14)11(6-18-10)7-19-13-2-3-13/h4-6,8-9,13,19H,2-3,7H2,1H3. The van der Waals surface area contributed by atoms with Gasteiger partial charge in [-0.05, 0) is 41.8 Å². The highest BCUT2D eigenvalue weighted by atomic mass is 79.9. The van der Waals surface area contributed by atoms with E-state index < -0.39 is 0 Å². The van der Waals surface area contributed by atoms with Crippen LogP contribution in [-0.4, -0.2) is 16.0 Å². The molecule has 20 heavy (non-hydrogen) atoms. The lowest BCUT2D eigenvalue weighted by atomic mass is 10.2. The van der Waals surface area contributed by atoms with Gasteiger partial charge in [-0.25, -0.2) is 0 Å². The summed E-state index contributed by atoms with van der Waals surface area (Å²) >= 11 is 3.40. The molecule has 4 nitrogen and oxygen atoms in total. The van der Waals surface area contributed by atoms with Gasteiger partial charge in [0.15, 0.2) is 0 Å². The maximum absolute atomic E-state index is 5.95. The molecule has 1 N–H and O–H groups in total. The Balaban J connectivity index is 1.80. The Hall–Kier alpha value is -1.46. The van der Waals surface area contributed by atoms with E-state index in [4.69, 9.17) is 4.74 Å². The van der Waals surface area contributed by atoms with E-state index in [1.54, 1.807) is 12.4 Å². The van der Waals surface area contributed by atoms with Crippen LogP contribution in [0.2, 0.25) is 0 Å². The molecular weight excluding hydrogens is 318 g/mol. The molecule has 0 atom stereocenters. The molecule has 1 aliphatic rings. The summed E-state index contributed by atoms with van der Waals surface area (Å²) in [6.07, 6.45) is 7.86. The molecule has 0 radical (unpaired) electrons. The molecule has 1 aliphatic carbocycles. The Kier molecular flexibility index (Phi) is 3.98. The van der Waals surface area contributed by atoms with Crippen LogP contribution in [0.1, 0.15) is 24.1 Å². The molecule has 0 saturated heterocycles. The minimum Gasteiger partial charge on any atom is -0.455 e. The quantitative estimate of drug-likeness (QED) is 0.908. The predicted molar refractivity (Wildman–Crippen MR) is 80.8 cm³/mol. The number of halogens is 1. The number of pyridine rings is 2. The fourth-order valence-electron chi connectivity index (χ4n) is 1.91. The Labute approximate surface area is 126 Å². The third kappa shape index (κ3) is 3.55. The van der Waals surface area contributed by atoms with E-state index in [0.29, 0.717) is 6.04 Å². The molecular formula is C15H16BrN3O. The number of nitrogens with one attached hydrogen (secondary N) is 1. The minimum absolute atomic E-state index is 0.664. The highest BCUT2D eigenvalue weighted by Crippen LogP contribution is 2.28. The van der Waals surface area contributed by atoms with Gasteiger partial charge in [0.05, 0.1) is 6.20 Å². The minimum atomic E-state index is 0.664. The first-order valence-electron chi connectivity index (χ1n) is 6.68. The van der Waals surface area contributed by atoms with E-state index in [0.717, 1.165) is 33.8 Å². The molecule has 0 aromatic carbocycles. The second-order valence-corrected chi connectivity index (χ2v) is 5.95. The van der Waals surface area contributed by atoms with Crippen LogP contribution in [0.25, 0.3) is 0 Å². The molecule has 0 aliphatic heterocycles. The first-order valence-corrected chi connectivity index (χ1v) is 7.47. The molecule has 0 spiro atoms. The van der Waals surface area contributed by atoms with Crippen LogP contribution in [0, 0.1) is 6.92 Å². The topological polar surface area (TPSA) is 47.0 Å². The van der Waals surface area contributed by atoms with Gasteiger partial charge in [-0.3, -0.25) is 9.97 Å². The number of hydrogen-bond acceptors (Lipinski definition) is 4. The van der Waals surface area contributed by atoms with Gasteiger partial charge in [0.25, 0.3) is 0 Å². The van der Waals surface area contributed by atoms with E-state index in [1.807, 2.05) is 25.3 Å². The van der Waals surface area contributed by atoms with Gasteiger partial charge < -0.3 is 10.1 Å². The lowest BCUT2D eigenvalue weighted by Gasteiger charge is -2.12. The number of rotatable bonds is 5. The molecule has 104 valence electrons. The molecule has 5 heteroatoms. The third-order valence-electron chi connectivity index (χ3n) is 3.15. The van der Waals surface area contributed by atoms with Crippen molar-refractivity contribution < 1.29 is 4.74 Å². The van der Waals surface area contributed by atoms with Crippen LogP contribution < -0.4 is 10.1 Å². The second kappa shape index (κ2) is 5.89. The molecule has 1 fully saturated rings. The molecule has 2 heterocycles. The van der Waals surface area contributed by atoms with Crippen molar-refractivity contribution in [3.05, 3.63) is 46.5 Å². The Morgan fingerprint density at radius 3 is 2.90 bits per heavy atom. The van der Waals surface area contributed by atoms with Crippen molar-refractivity contribution in [2.75, 3.05) is 0 Å². The summed E-state index contributed by atoms with van der Waals surface area (Å²) in [7, 11) is 0. The zero-order valence-electron chi connectivity index (χ0n) is 11.3. The van der Waals surface area contributed by atoms with Gasteiger partial charge in [-0.2, -0.15) is 0 Å². The molecule has 3 rings (SSSR count). The van der Waals surface area contributed by atoms with E-state index in [9.17, 15) is 0 Å². The summed E-state index contributed by atoms with van der Waals surface area (Å²) in [4.78, 5) is 8.47. The zero-order valence-corrected chi connectivity index (χ0v) is 12.9. The van der Waals surface area contributed by atoms with Crippen molar-refractivity contribution in [1.82, 2.24) is 15.3 Å². The molecule has 2 aromatic heterocycles. The van der Waals surface area contributed by atoms with Crippen molar-refractivity contribution in [2.24, 2.45) is 0 Å². The second-order valence-electron chi connectivity index (χ2n) is 5.03. The summed E-state index contributed by atoms with van der Waals surface area (Å²) in [6, 6.07) is 4.53. The van der Waals surface area contributed by atoms with Crippen LogP contribution in [0.4, 0.5) is 0 Å². The monoisotopic (exact) mass is 333 g/mol. The van der Waals surface area contributed by atoms with Crippen LogP contribution in [0.3, 0.4) is 0 Å². The van der Waals surface area contributed by atoms with Gasteiger partial charge >= 0.3 is 0 Å². The van der Waals surface area contributed by atoms with E-state index >= 15 is 0 Å². The summed E-state index contributed by atoms with van der Waals surface area (Å²) in [6.45, 7) is 2.75. The molecule has 0 bridgehead atoms. The fraction of sp³-hybridized carbons (Fsp3) is 0.333. The van der Waals surface area contributed by atoms with Crippen LogP contribution in [-0.2, 0) is 6.54 Å². The number of nitrogens with zero attached hydrogens (tertiary/aromatic N) is 2. The maximum atomic E-state index is 5.95. The largest absolute Gasteiger partial charge is 0.455 e. The first kappa shape index (κ1) is 13.5. The van der Waals surface area contributed by atoms with Crippen molar-refractivity contribution in [3.8, 4) is 11.5 Å². The Morgan fingerprint density at radius 2 is 2.15 bits per heavy atom. The SMILES string of the molecule is Cc1cc(Oc2cncc(Br)c2)c(CNC2CC2)cn1. The average molecular weight is 334 g/mol. The molecule has 2 aromatic rings. The van der Waals surface area contributed by atoms with Crippen molar-refractivity contribution >= 4 is 15.9 Å². The van der Waals surface area contributed by atoms with E-state index in [2.05, 4.69) is 31.2 Å². The Bertz CT molecular complexity index is 614. The smallest absolute Gasteiger partial charge is 0.146 e. The molecule has 1 saturated carbocycles. The van der Waals surface area contributed by atoms with Crippen LogP contribution >= 0.6 is 15.9 Å². The van der Waals surface area contributed by atoms with Crippen molar-refractivity contribution in [2.45, 2.75) is 32.4 Å². The summed E-state index contributed by atoms with van der Waals surface area (Å²) in [5.74, 6) is 1.56. The molecule has 0 amide bonds. The summed E-state index contributed by atoms with van der Waals surface area (Å²) in [5.41, 5.74) is 2.01. The zero-order chi connectivity index (χ0) is 13.9. The van der Waals surface area contributed by atoms with E-state index in [-0.39, 0.29) is 0 Å². The highest BCUT2D eigenvalue weighted by molar-refractivity contribution is 9.10. The van der Waals surface area contributed by atoms with Gasteiger partial charge in [0, 0.05) is 46.8 Å². The van der Waals surface area contributed by atoms with Crippen molar-refractivity contribution in [3.63, 3.8) is 0 Å². The number of aromatic nitrogens is 2. The Morgan fingerprint density at radius 1 is 1.30 bits per heavy atom.